The average molecular weight is 302 g/mol. The van der Waals surface area contributed by atoms with Crippen LogP contribution in [0.25, 0.3) is 11.0 Å². The summed E-state index contributed by atoms with van der Waals surface area (Å²) in [5.74, 6) is -0.597. The SMILES string of the molecule is Cc1ccccc1[C@H]1[C@@H](C#N)C(=O)Nc2nc3ccccc3n21. The molecule has 0 bridgehead atoms. The number of hydrogen-bond acceptors (Lipinski definition) is 3. The van der Waals surface area contributed by atoms with Gasteiger partial charge in [-0.05, 0) is 30.2 Å². The van der Waals surface area contributed by atoms with Crippen molar-refractivity contribution in [1.29, 1.82) is 5.26 Å². The standard InChI is InChI=1S/C18H14N4O/c1-11-6-2-3-7-12(11)16-13(10-19)17(23)21-18-20-14-8-4-5-9-15(14)22(16)18/h2-9,13,16H,1H3,(H,20,21,23)/t13-,16+/m1/s1. The molecule has 1 amide bonds. The van der Waals surface area contributed by atoms with Crippen molar-refractivity contribution in [3.05, 3.63) is 59.7 Å². The van der Waals surface area contributed by atoms with Gasteiger partial charge in [0.2, 0.25) is 11.9 Å². The summed E-state index contributed by atoms with van der Waals surface area (Å²) in [5.41, 5.74) is 3.74. The Morgan fingerprint density at radius 1 is 1.17 bits per heavy atom. The van der Waals surface area contributed by atoms with Crippen LogP contribution in [0.3, 0.4) is 0 Å². The molecule has 0 aliphatic carbocycles. The van der Waals surface area contributed by atoms with Gasteiger partial charge in [0, 0.05) is 0 Å². The predicted octanol–water partition coefficient (Wildman–Crippen LogP) is 3.03. The van der Waals surface area contributed by atoms with Crippen molar-refractivity contribution in [2.24, 2.45) is 5.92 Å². The van der Waals surface area contributed by atoms with Crippen LogP contribution in [-0.4, -0.2) is 15.5 Å². The van der Waals surface area contributed by atoms with Crippen molar-refractivity contribution in [2.75, 3.05) is 5.32 Å². The lowest BCUT2D eigenvalue weighted by Crippen LogP contribution is -2.37. The highest BCUT2D eigenvalue weighted by molar-refractivity contribution is 5.97. The molecule has 5 heteroatoms. The molecule has 0 fully saturated rings. The number of aromatic nitrogens is 2. The number of fused-ring (bicyclic) bond motifs is 3. The molecule has 5 nitrogen and oxygen atoms in total. The zero-order valence-electron chi connectivity index (χ0n) is 12.5. The normalized spacial score (nSPS) is 19.9. The van der Waals surface area contributed by atoms with Crippen LogP contribution in [0.5, 0.6) is 0 Å². The first kappa shape index (κ1) is 13.5. The fraction of sp³-hybridized carbons (Fsp3) is 0.167. The number of anilines is 1. The summed E-state index contributed by atoms with van der Waals surface area (Å²) < 4.78 is 1.97. The number of carbonyl (C=O) groups excluding carboxylic acids is 1. The highest BCUT2D eigenvalue weighted by Gasteiger charge is 2.39. The van der Waals surface area contributed by atoms with Crippen LogP contribution in [-0.2, 0) is 4.79 Å². The molecule has 1 aliphatic rings. The van der Waals surface area contributed by atoms with Crippen molar-refractivity contribution in [3.63, 3.8) is 0 Å². The van der Waals surface area contributed by atoms with E-state index in [1.165, 1.54) is 0 Å². The van der Waals surface area contributed by atoms with E-state index in [9.17, 15) is 10.1 Å². The summed E-state index contributed by atoms with van der Waals surface area (Å²) in [6, 6.07) is 17.4. The number of nitrogens with one attached hydrogen (secondary N) is 1. The van der Waals surface area contributed by atoms with E-state index in [4.69, 9.17) is 0 Å². The van der Waals surface area contributed by atoms with Crippen molar-refractivity contribution in [3.8, 4) is 6.07 Å². The van der Waals surface area contributed by atoms with Gasteiger partial charge in [-0.2, -0.15) is 5.26 Å². The van der Waals surface area contributed by atoms with Crippen molar-refractivity contribution in [2.45, 2.75) is 13.0 Å². The molecule has 2 heterocycles. The van der Waals surface area contributed by atoms with E-state index in [1.807, 2.05) is 60.0 Å². The molecule has 2 atom stereocenters. The van der Waals surface area contributed by atoms with Gasteiger partial charge < -0.3 is 4.57 Å². The first-order valence-electron chi connectivity index (χ1n) is 7.43. The molecule has 0 radical (unpaired) electrons. The molecule has 2 aromatic carbocycles. The van der Waals surface area contributed by atoms with Crippen LogP contribution >= 0.6 is 0 Å². The molecule has 0 unspecified atom stereocenters. The molecule has 4 rings (SSSR count). The minimum atomic E-state index is -0.791. The molecule has 3 aromatic rings. The quantitative estimate of drug-likeness (QED) is 0.751. The van der Waals surface area contributed by atoms with Gasteiger partial charge in [-0.15, -0.1) is 0 Å². The minimum absolute atomic E-state index is 0.302. The number of amides is 1. The molecular formula is C18H14N4O. The molecule has 0 saturated heterocycles. The van der Waals surface area contributed by atoms with Gasteiger partial charge >= 0.3 is 0 Å². The van der Waals surface area contributed by atoms with E-state index in [1.54, 1.807) is 0 Å². The Balaban J connectivity index is 2.05. The third kappa shape index (κ3) is 1.92. The van der Waals surface area contributed by atoms with Gasteiger partial charge in [-0.25, -0.2) is 4.98 Å². The van der Waals surface area contributed by atoms with Crippen molar-refractivity contribution >= 4 is 22.9 Å². The Morgan fingerprint density at radius 2 is 1.91 bits per heavy atom. The number of benzene rings is 2. The zero-order valence-corrected chi connectivity index (χ0v) is 12.5. The highest BCUT2D eigenvalue weighted by Crippen LogP contribution is 2.38. The van der Waals surface area contributed by atoms with Crippen molar-refractivity contribution < 1.29 is 4.79 Å². The van der Waals surface area contributed by atoms with Crippen LogP contribution in [0, 0.1) is 24.2 Å². The lowest BCUT2D eigenvalue weighted by Gasteiger charge is -2.30. The molecular weight excluding hydrogens is 288 g/mol. The summed E-state index contributed by atoms with van der Waals surface area (Å²) in [5, 5.41) is 12.3. The van der Waals surface area contributed by atoms with Crippen LogP contribution < -0.4 is 5.32 Å². The van der Waals surface area contributed by atoms with Crippen LogP contribution in [0.1, 0.15) is 17.2 Å². The molecule has 0 saturated carbocycles. The van der Waals surface area contributed by atoms with Gasteiger partial charge in [0.25, 0.3) is 0 Å². The summed E-state index contributed by atoms with van der Waals surface area (Å²) >= 11 is 0. The number of nitrogens with zero attached hydrogens (tertiary/aromatic N) is 3. The minimum Gasteiger partial charge on any atom is -0.300 e. The lowest BCUT2D eigenvalue weighted by atomic mass is 9.89. The monoisotopic (exact) mass is 302 g/mol. The van der Waals surface area contributed by atoms with E-state index < -0.39 is 5.92 Å². The third-order valence-electron chi connectivity index (χ3n) is 4.35. The smallest absolute Gasteiger partial charge is 0.246 e. The molecule has 1 aliphatic heterocycles. The van der Waals surface area contributed by atoms with E-state index in [0.717, 1.165) is 22.2 Å². The second-order valence-corrected chi connectivity index (χ2v) is 5.69. The van der Waals surface area contributed by atoms with E-state index in [-0.39, 0.29) is 11.9 Å². The first-order valence-corrected chi connectivity index (χ1v) is 7.43. The molecule has 0 spiro atoms. The Labute approximate surface area is 133 Å². The number of carbonyl (C=O) groups is 1. The number of aryl methyl sites for hydroxylation is 1. The Hall–Kier alpha value is -3.13. The van der Waals surface area contributed by atoms with Gasteiger partial charge in [-0.3, -0.25) is 10.1 Å². The van der Waals surface area contributed by atoms with Gasteiger partial charge in [0.1, 0.15) is 0 Å². The lowest BCUT2D eigenvalue weighted by molar-refractivity contribution is -0.119. The summed E-state index contributed by atoms with van der Waals surface area (Å²) in [6.45, 7) is 2.00. The fourth-order valence-electron chi connectivity index (χ4n) is 3.26. The second-order valence-electron chi connectivity index (χ2n) is 5.69. The maximum absolute atomic E-state index is 12.4. The first-order chi connectivity index (χ1) is 11.2. The largest absolute Gasteiger partial charge is 0.300 e. The van der Waals surface area contributed by atoms with Gasteiger partial charge in [0.15, 0.2) is 5.92 Å². The number of rotatable bonds is 1. The van der Waals surface area contributed by atoms with E-state index >= 15 is 0 Å². The molecule has 23 heavy (non-hydrogen) atoms. The van der Waals surface area contributed by atoms with Crippen LogP contribution in [0.2, 0.25) is 0 Å². The predicted molar refractivity (Wildman–Crippen MR) is 86.8 cm³/mol. The van der Waals surface area contributed by atoms with Crippen molar-refractivity contribution in [1.82, 2.24) is 9.55 Å². The molecule has 1 N–H and O–H groups in total. The number of nitriles is 1. The Kier molecular flexibility index (Phi) is 2.91. The Bertz CT molecular complexity index is 967. The Morgan fingerprint density at radius 3 is 2.70 bits per heavy atom. The maximum atomic E-state index is 12.4. The third-order valence-corrected chi connectivity index (χ3v) is 4.35. The molecule has 1 aromatic heterocycles. The number of para-hydroxylation sites is 2. The average Bonchev–Trinajstić information content (AvgIpc) is 2.92. The van der Waals surface area contributed by atoms with Gasteiger partial charge in [0.05, 0.1) is 23.1 Å². The second kappa shape index (κ2) is 4.96. The summed E-state index contributed by atoms with van der Waals surface area (Å²) in [6.07, 6.45) is 0. The van der Waals surface area contributed by atoms with Gasteiger partial charge in [-0.1, -0.05) is 36.4 Å². The zero-order chi connectivity index (χ0) is 16.0. The molecule has 112 valence electrons. The number of hydrogen-bond donors (Lipinski definition) is 1. The van der Waals surface area contributed by atoms with Crippen LogP contribution in [0.4, 0.5) is 5.95 Å². The highest BCUT2D eigenvalue weighted by atomic mass is 16.2. The summed E-state index contributed by atoms with van der Waals surface area (Å²) in [4.78, 5) is 16.9. The van der Waals surface area contributed by atoms with Crippen LogP contribution in [0.15, 0.2) is 48.5 Å². The van der Waals surface area contributed by atoms with E-state index in [0.29, 0.717) is 5.95 Å². The topological polar surface area (TPSA) is 70.7 Å². The number of imidazole rings is 1. The summed E-state index contributed by atoms with van der Waals surface area (Å²) in [7, 11) is 0. The fourth-order valence-corrected chi connectivity index (χ4v) is 3.26. The maximum Gasteiger partial charge on any atom is 0.246 e. The van der Waals surface area contributed by atoms with E-state index in [2.05, 4.69) is 16.4 Å².